The number of piperidine rings is 1. The Labute approximate surface area is 186 Å². The van der Waals surface area contributed by atoms with E-state index in [1.165, 1.54) is 22.0 Å². The minimum Gasteiger partial charge on any atom is -0.352 e. The van der Waals surface area contributed by atoms with Gasteiger partial charge in [0.1, 0.15) is 0 Å². The molecule has 0 bridgehead atoms. The molecule has 0 spiro atoms. The normalized spacial score (nSPS) is 23.4. The topological polar surface area (TPSA) is 37.3 Å². The molecule has 5 rings (SSSR count). The molecule has 1 saturated heterocycles. The Hall–Kier alpha value is -2.01. The zero-order valence-electron chi connectivity index (χ0n) is 17.2. The van der Waals surface area contributed by atoms with Crippen LogP contribution in [0.1, 0.15) is 33.8 Å². The molecule has 0 saturated carbocycles. The highest BCUT2D eigenvalue weighted by Gasteiger charge is 2.39. The summed E-state index contributed by atoms with van der Waals surface area (Å²) in [6.07, 6.45) is 4.46. The van der Waals surface area contributed by atoms with E-state index in [-0.39, 0.29) is 5.91 Å². The summed E-state index contributed by atoms with van der Waals surface area (Å²) >= 11 is 12.1. The van der Waals surface area contributed by atoms with Crippen LogP contribution >= 0.6 is 23.2 Å². The van der Waals surface area contributed by atoms with Crippen LogP contribution in [0.4, 0.5) is 0 Å². The van der Waals surface area contributed by atoms with Crippen LogP contribution < -0.4 is 5.32 Å². The number of likely N-dealkylation sites (N-methyl/N-ethyl adjacent to an activating group) is 1. The zero-order valence-corrected chi connectivity index (χ0v) is 18.7. The molecule has 2 heterocycles. The van der Waals surface area contributed by atoms with E-state index < -0.39 is 0 Å². The van der Waals surface area contributed by atoms with Crippen LogP contribution in [0.2, 0.25) is 10.0 Å². The van der Waals surface area contributed by atoms with Gasteiger partial charge in [-0.25, -0.2) is 0 Å². The lowest BCUT2D eigenvalue weighted by molar-refractivity contribution is 0.0891. The van der Waals surface area contributed by atoms with E-state index in [4.69, 9.17) is 23.2 Å². The van der Waals surface area contributed by atoms with Gasteiger partial charge in [-0.2, -0.15) is 0 Å². The first-order valence-electron chi connectivity index (χ1n) is 10.4. The Bertz CT molecular complexity index is 1140. The summed E-state index contributed by atoms with van der Waals surface area (Å²) in [5.41, 5.74) is 4.71. The van der Waals surface area contributed by atoms with E-state index in [9.17, 15) is 4.79 Å². The minimum absolute atomic E-state index is 0.141. The number of carbonyl (C=O) groups excluding carboxylic acids is 1. The molecule has 30 heavy (non-hydrogen) atoms. The summed E-state index contributed by atoms with van der Waals surface area (Å²) in [6.45, 7) is 1.62. The fourth-order valence-electron chi connectivity index (χ4n) is 5.48. The van der Waals surface area contributed by atoms with Crippen molar-refractivity contribution in [3.8, 4) is 0 Å². The predicted octanol–water partition coefficient (Wildman–Crippen LogP) is 4.88. The van der Waals surface area contributed by atoms with Gasteiger partial charge in [-0.3, -0.25) is 4.79 Å². The second kappa shape index (κ2) is 7.60. The van der Waals surface area contributed by atoms with Gasteiger partial charge in [0.15, 0.2) is 0 Å². The number of hydrogen-bond donors (Lipinski definition) is 1. The summed E-state index contributed by atoms with van der Waals surface area (Å²) in [7, 11) is 4.35. The van der Waals surface area contributed by atoms with Crippen molar-refractivity contribution < 1.29 is 4.79 Å². The number of likely N-dealkylation sites (tertiary alicyclic amines) is 1. The molecular weight excluding hydrogens is 417 g/mol. The molecule has 1 N–H and O–H groups in total. The van der Waals surface area contributed by atoms with Gasteiger partial charge in [0.25, 0.3) is 5.91 Å². The van der Waals surface area contributed by atoms with Crippen molar-refractivity contribution in [1.29, 1.82) is 0 Å². The van der Waals surface area contributed by atoms with E-state index in [0.29, 0.717) is 40.0 Å². The first-order chi connectivity index (χ1) is 14.4. The third-order valence-corrected chi connectivity index (χ3v) is 7.39. The van der Waals surface area contributed by atoms with Crippen molar-refractivity contribution >= 4 is 40.0 Å². The van der Waals surface area contributed by atoms with E-state index >= 15 is 0 Å². The molecule has 2 aromatic carbocycles. The third kappa shape index (κ3) is 3.31. The van der Waals surface area contributed by atoms with Crippen LogP contribution in [0.15, 0.2) is 42.6 Å². The highest BCUT2D eigenvalue weighted by molar-refractivity contribution is 6.36. The number of aromatic nitrogens is 1. The molecular formula is C24H25Cl2N3O. The van der Waals surface area contributed by atoms with E-state index in [1.54, 1.807) is 18.2 Å². The summed E-state index contributed by atoms with van der Waals surface area (Å²) in [5.74, 6) is 0.743. The SMILES string of the molecule is CN1C[C@H](CNC(=O)c2ccc(Cl)cc2Cl)C[C@@H]2c3cccc4c3c(cn4C)C[C@H]21. The fraction of sp³-hybridized carbons (Fsp3) is 0.375. The number of halogens is 2. The number of carbonyl (C=O) groups is 1. The number of hydrogen-bond acceptors (Lipinski definition) is 2. The number of nitrogens with zero attached hydrogens (tertiary/aromatic N) is 2. The van der Waals surface area contributed by atoms with Crippen molar-refractivity contribution in [2.24, 2.45) is 13.0 Å². The lowest BCUT2D eigenvalue weighted by atomic mass is 9.72. The van der Waals surface area contributed by atoms with Gasteiger partial charge in [-0.15, -0.1) is 0 Å². The van der Waals surface area contributed by atoms with Crippen LogP contribution in [0.3, 0.4) is 0 Å². The molecule has 1 amide bonds. The Morgan fingerprint density at radius 3 is 2.83 bits per heavy atom. The Morgan fingerprint density at radius 1 is 1.20 bits per heavy atom. The first-order valence-corrected chi connectivity index (χ1v) is 11.2. The molecule has 0 radical (unpaired) electrons. The van der Waals surface area contributed by atoms with Gasteiger partial charge in [0, 0.05) is 54.2 Å². The maximum absolute atomic E-state index is 12.6. The average Bonchev–Trinajstić information content (AvgIpc) is 3.04. The number of benzene rings is 2. The number of nitrogens with one attached hydrogen (secondary N) is 1. The quantitative estimate of drug-likeness (QED) is 0.628. The second-order valence-corrected chi connectivity index (χ2v) is 9.60. The van der Waals surface area contributed by atoms with Crippen LogP contribution in [0.25, 0.3) is 10.9 Å². The molecule has 1 aliphatic heterocycles. The lowest BCUT2D eigenvalue weighted by Gasteiger charge is -2.45. The Kier molecular flexibility index (Phi) is 5.04. The number of aryl methyl sites for hydroxylation is 1. The van der Waals surface area contributed by atoms with Crippen molar-refractivity contribution in [2.45, 2.75) is 24.8 Å². The summed E-state index contributed by atoms with van der Waals surface area (Å²) in [4.78, 5) is 15.1. The van der Waals surface area contributed by atoms with Gasteiger partial charge in [0.05, 0.1) is 10.6 Å². The molecule has 1 aliphatic carbocycles. The van der Waals surface area contributed by atoms with Gasteiger partial charge in [0.2, 0.25) is 0 Å². The smallest absolute Gasteiger partial charge is 0.252 e. The molecule has 3 atom stereocenters. The molecule has 156 valence electrons. The summed E-state index contributed by atoms with van der Waals surface area (Å²) in [6, 6.07) is 12.2. The zero-order chi connectivity index (χ0) is 21.0. The monoisotopic (exact) mass is 441 g/mol. The van der Waals surface area contributed by atoms with Crippen molar-refractivity contribution in [3.05, 3.63) is 69.3 Å². The van der Waals surface area contributed by atoms with Gasteiger partial charge >= 0.3 is 0 Å². The maximum atomic E-state index is 12.6. The van der Waals surface area contributed by atoms with Crippen LogP contribution in [0, 0.1) is 5.92 Å². The number of rotatable bonds is 3. The van der Waals surface area contributed by atoms with Crippen molar-refractivity contribution in [2.75, 3.05) is 20.1 Å². The van der Waals surface area contributed by atoms with Gasteiger partial charge < -0.3 is 14.8 Å². The predicted molar refractivity (Wildman–Crippen MR) is 123 cm³/mol. The number of fused-ring (bicyclic) bond motifs is 2. The van der Waals surface area contributed by atoms with Crippen LogP contribution in [-0.4, -0.2) is 41.6 Å². The average molecular weight is 442 g/mol. The second-order valence-electron chi connectivity index (χ2n) is 8.76. The van der Waals surface area contributed by atoms with Crippen molar-refractivity contribution in [3.63, 3.8) is 0 Å². The molecule has 3 aromatic rings. The molecule has 6 heteroatoms. The molecule has 1 fully saturated rings. The maximum Gasteiger partial charge on any atom is 0.252 e. The summed E-state index contributed by atoms with van der Waals surface area (Å²) < 4.78 is 2.25. The molecule has 0 unspecified atom stereocenters. The molecule has 1 aromatic heterocycles. The van der Waals surface area contributed by atoms with E-state index in [0.717, 1.165) is 19.4 Å². The standard InChI is InChI=1S/C24H25Cl2N3O/c1-28-12-14(11-27-24(30)18-7-6-16(25)10-20(18)26)8-19-17-4-3-5-21-23(17)15(9-22(19)28)13-29(21)2/h3-7,10,13-14,19,22H,8-9,11-12H2,1-2H3,(H,27,30)/t14-,19+,22+/m0/s1. The lowest BCUT2D eigenvalue weighted by Crippen LogP contribution is -2.50. The minimum atomic E-state index is -0.141. The van der Waals surface area contributed by atoms with Crippen LogP contribution in [-0.2, 0) is 13.5 Å². The largest absolute Gasteiger partial charge is 0.352 e. The van der Waals surface area contributed by atoms with Crippen LogP contribution in [0.5, 0.6) is 0 Å². The highest BCUT2D eigenvalue weighted by atomic mass is 35.5. The van der Waals surface area contributed by atoms with Crippen molar-refractivity contribution in [1.82, 2.24) is 14.8 Å². The summed E-state index contributed by atoms with van der Waals surface area (Å²) in [5, 5.41) is 5.45. The fourth-order valence-corrected chi connectivity index (χ4v) is 5.98. The first kappa shape index (κ1) is 19.9. The van der Waals surface area contributed by atoms with Gasteiger partial charge in [-0.05, 0) is 61.2 Å². The third-order valence-electron chi connectivity index (χ3n) is 6.84. The molecule has 4 nitrogen and oxygen atoms in total. The molecule has 2 aliphatic rings. The Balaban J connectivity index is 1.35. The Morgan fingerprint density at radius 2 is 2.03 bits per heavy atom. The van der Waals surface area contributed by atoms with E-state index in [1.807, 2.05) is 0 Å². The van der Waals surface area contributed by atoms with E-state index in [2.05, 4.69) is 53.3 Å². The number of amides is 1. The van der Waals surface area contributed by atoms with Gasteiger partial charge in [-0.1, -0.05) is 35.3 Å². The highest BCUT2D eigenvalue weighted by Crippen LogP contribution is 2.44.